The highest BCUT2D eigenvalue weighted by molar-refractivity contribution is 5.72. The van der Waals surface area contributed by atoms with Crippen molar-refractivity contribution in [2.45, 2.75) is 32.5 Å². The van der Waals surface area contributed by atoms with Crippen molar-refractivity contribution < 1.29 is 15.0 Å². The van der Waals surface area contributed by atoms with Crippen molar-refractivity contribution in [2.75, 3.05) is 6.54 Å². The van der Waals surface area contributed by atoms with Gasteiger partial charge < -0.3 is 15.5 Å². The van der Waals surface area contributed by atoms with E-state index in [1.807, 2.05) is 0 Å². The molecule has 1 aromatic rings. The van der Waals surface area contributed by atoms with Gasteiger partial charge in [0.15, 0.2) is 0 Å². The van der Waals surface area contributed by atoms with Gasteiger partial charge in [0.2, 0.25) is 5.91 Å². The lowest BCUT2D eigenvalue weighted by Gasteiger charge is -2.17. The third-order valence-electron chi connectivity index (χ3n) is 2.32. The lowest BCUT2D eigenvalue weighted by atomic mass is 10.1. The number of hydrogen-bond donors (Lipinski definition) is 3. The Morgan fingerprint density at radius 3 is 2.53 bits per heavy atom. The maximum absolute atomic E-state index is 10.6. The number of carbonyl (C=O) groups excluding carboxylic acids is 1. The summed E-state index contributed by atoms with van der Waals surface area (Å²) in [7, 11) is 0. The van der Waals surface area contributed by atoms with Crippen molar-refractivity contribution in [3.05, 3.63) is 23.8 Å². The van der Waals surface area contributed by atoms with Crippen LogP contribution in [0.3, 0.4) is 0 Å². The van der Waals surface area contributed by atoms with Gasteiger partial charge in [0, 0.05) is 31.4 Å². The van der Waals surface area contributed by atoms with Crippen molar-refractivity contribution in [2.24, 2.45) is 0 Å². The molecule has 1 heterocycles. The van der Waals surface area contributed by atoms with E-state index < -0.39 is 12.2 Å². The predicted molar refractivity (Wildman–Crippen MR) is 61.0 cm³/mol. The SMILES string of the molecule is CC(=O)NCCC(O)C(O)c1cnc(C)nc1. The first kappa shape index (κ1) is 13.5. The highest BCUT2D eigenvalue weighted by Gasteiger charge is 2.18. The van der Waals surface area contributed by atoms with Gasteiger partial charge in [-0.2, -0.15) is 0 Å². The Balaban J connectivity index is 2.48. The molecule has 94 valence electrons. The number of aliphatic hydroxyl groups excluding tert-OH is 2. The fourth-order valence-electron chi connectivity index (χ4n) is 1.33. The number of rotatable bonds is 5. The van der Waals surface area contributed by atoms with Crippen LogP contribution in [0.5, 0.6) is 0 Å². The van der Waals surface area contributed by atoms with E-state index in [1.54, 1.807) is 6.92 Å². The Morgan fingerprint density at radius 1 is 1.41 bits per heavy atom. The Labute approximate surface area is 99.7 Å². The van der Waals surface area contributed by atoms with Crippen LogP contribution in [0.4, 0.5) is 0 Å². The number of hydrogen-bond acceptors (Lipinski definition) is 5. The van der Waals surface area contributed by atoms with E-state index in [2.05, 4.69) is 15.3 Å². The molecule has 2 atom stereocenters. The molecule has 6 nitrogen and oxygen atoms in total. The van der Waals surface area contributed by atoms with Crippen LogP contribution in [0, 0.1) is 6.92 Å². The Bertz CT molecular complexity index is 367. The molecule has 0 saturated heterocycles. The predicted octanol–water partition coefficient (Wildman–Crippen LogP) is -0.294. The number of aromatic nitrogens is 2. The van der Waals surface area contributed by atoms with Gasteiger partial charge in [0.05, 0.1) is 6.10 Å². The smallest absolute Gasteiger partial charge is 0.216 e. The van der Waals surface area contributed by atoms with Gasteiger partial charge in [0.25, 0.3) is 0 Å². The second-order valence-corrected chi connectivity index (χ2v) is 3.85. The minimum absolute atomic E-state index is 0.162. The van der Waals surface area contributed by atoms with Gasteiger partial charge in [-0.25, -0.2) is 9.97 Å². The quantitative estimate of drug-likeness (QED) is 0.656. The fourth-order valence-corrected chi connectivity index (χ4v) is 1.33. The molecule has 17 heavy (non-hydrogen) atoms. The van der Waals surface area contributed by atoms with Crippen molar-refractivity contribution in [3.63, 3.8) is 0 Å². The van der Waals surface area contributed by atoms with E-state index in [0.29, 0.717) is 17.9 Å². The average molecular weight is 239 g/mol. The van der Waals surface area contributed by atoms with Crippen molar-refractivity contribution in [1.82, 2.24) is 15.3 Å². The largest absolute Gasteiger partial charge is 0.390 e. The average Bonchev–Trinajstić information content (AvgIpc) is 2.28. The molecule has 6 heteroatoms. The highest BCUT2D eigenvalue weighted by Crippen LogP contribution is 2.16. The topological polar surface area (TPSA) is 95.3 Å². The van der Waals surface area contributed by atoms with E-state index in [4.69, 9.17) is 0 Å². The number of nitrogens with zero attached hydrogens (tertiary/aromatic N) is 2. The maximum Gasteiger partial charge on any atom is 0.216 e. The van der Waals surface area contributed by atoms with Gasteiger partial charge in [0.1, 0.15) is 11.9 Å². The summed E-state index contributed by atoms with van der Waals surface area (Å²) in [6.45, 7) is 3.46. The zero-order valence-corrected chi connectivity index (χ0v) is 9.92. The molecule has 1 rings (SSSR count). The summed E-state index contributed by atoms with van der Waals surface area (Å²) >= 11 is 0. The van der Waals surface area contributed by atoms with E-state index in [0.717, 1.165) is 0 Å². The van der Waals surface area contributed by atoms with Crippen molar-refractivity contribution >= 4 is 5.91 Å². The third kappa shape index (κ3) is 4.46. The standard InChI is InChI=1S/C11H17N3O3/c1-7-13-5-9(6-14-7)11(17)10(16)3-4-12-8(2)15/h5-6,10-11,16-17H,3-4H2,1-2H3,(H,12,15). The first-order valence-electron chi connectivity index (χ1n) is 5.40. The van der Waals surface area contributed by atoms with Crippen LogP contribution in [0.25, 0.3) is 0 Å². The molecule has 0 radical (unpaired) electrons. The summed E-state index contributed by atoms with van der Waals surface area (Å²) in [5, 5.41) is 22.0. The monoisotopic (exact) mass is 239 g/mol. The normalized spacial score (nSPS) is 14.1. The summed E-state index contributed by atoms with van der Waals surface area (Å²) in [5.74, 6) is 0.444. The van der Waals surface area contributed by atoms with Crippen LogP contribution in [-0.2, 0) is 4.79 Å². The van der Waals surface area contributed by atoms with E-state index in [9.17, 15) is 15.0 Å². The second-order valence-electron chi connectivity index (χ2n) is 3.85. The molecule has 0 bridgehead atoms. The fraction of sp³-hybridized carbons (Fsp3) is 0.545. The molecule has 0 spiro atoms. The summed E-state index contributed by atoms with van der Waals surface area (Å²) < 4.78 is 0. The van der Waals surface area contributed by atoms with Crippen LogP contribution >= 0.6 is 0 Å². The van der Waals surface area contributed by atoms with Crippen LogP contribution < -0.4 is 5.32 Å². The van der Waals surface area contributed by atoms with Crippen molar-refractivity contribution in [3.8, 4) is 0 Å². The number of carbonyl (C=O) groups is 1. The summed E-state index contributed by atoms with van der Waals surface area (Å²) in [4.78, 5) is 18.5. The van der Waals surface area contributed by atoms with E-state index >= 15 is 0 Å². The number of aryl methyl sites for hydroxylation is 1. The third-order valence-corrected chi connectivity index (χ3v) is 2.32. The van der Waals surface area contributed by atoms with Gasteiger partial charge >= 0.3 is 0 Å². The van der Waals surface area contributed by atoms with Crippen LogP contribution in [0.2, 0.25) is 0 Å². The minimum Gasteiger partial charge on any atom is -0.390 e. The van der Waals surface area contributed by atoms with Crippen LogP contribution in [0.1, 0.15) is 30.8 Å². The number of nitrogens with one attached hydrogen (secondary N) is 1. The Morgan fingerprint density at radius 2 is 2.00 bits per heavy atom. The Hall–Kier alpha value is -1.53. The molecule has 1 amide bonds. The lowest BCUT2D eigenvalue weighted by molar-refractivity contribution is -0.119. The minimum atomic E-state index is -1.04. The molecular weight excluding hydrogens is 222 g/mol. The first-order chi connectivity index (χ1) is 8.00. The van der Waals surface area contributed by atoms with Gasteiger partial charge in [-0.05, 0) is 13.3 Å². The summed E-state index contributed by atoms with van der Waals surface area (Å²) in [6, 6.07) is 0. The first-order valence-corrected chi connectivity index (χ1v) is 5.40. The lowest BCUT2D eigenvalue weighted by Crippen LogP contribution is -2.27. The molecular formula is C11H17N3O3. The van der Waals surface area contributed by atoms with Gasteiger partial charge in [-0.3, -0.25) is 4.79 Å². The maximum atomic E-state index is 10.6. The second kappa shape index (κ2) is 6.27. The van der Waals surface area contributed by atoms with Crippen LogP contribution in [-0.4, -0.2) is 38.7 Å². The Kier molecular flexibility index (Phi) is 4.99. The summed E-state index contributed by atoms with van der Waals surface area (Å²) in [5.41, 5.74) is 0.464. The molecule has 0 aliphatic carbocycles. The summed E-state index contributed by atoms with van der Waals surface area (Å²) in [6.07, 6.45) is 1.25. The molecule has 0 aliphatic rings. The molecule has 0 saturated carbocycles. The van der Waals surface area contributed by atoms with E-state index in [-0.39, 0.29) is 12.3 Å². The highest BCUT2D eigenvalue weighted by atomic mass is 16.3. The van der Waals surface area contributed by atoms with Crippen molar-refractivity contribution in [1.29, 1.82) is 0 Å². The van der Waals surface area contributed by atoms with Crippen LogP contribution in [0.15, 0.2) is 12.4 Å². The molecule has 0 aliphatic heterocycles. The van der Waals surface area contributed by atoms with E-state index in [1.165, 1.54) is 19.3 Å². The molecule has 0 aromatic carbocycles. The van der Waals surface area contributed by atoms with Gasteiger partial charge in [-0.15, -0.1) is 0 Å². The number of amides is 1. The zero-order chi connectivity index (χ0) is 12.8. The molecule has 1 aromatic heterocycles. The van der Waals surface area contributed by atoms with Gasteiger partial charge in [-0.1, -0.05) is 0 Å². The molecule has 0 fully saturated rings. The zero-order valence-electron chi connectivity index (χ0n) is 9.92. The molecule has 2 unspecified atom stereocenters. The number of aliphatic hydroxyl groups is 2. The molecule has 3 N–H and O–H groups in total.